The Bertz CT molecular complexity index is 266. The fraction of sp³-hybridized carbons (Fsp3) is 0.545. The minimum absolute atomic E-state index is 0.578. The third-order valence-corrected chi connectivity index (χ3v) is 2.10. The van der Waals surface area contributed by atoms with Crippen molar-refractivity contribution in [3.63, 3.8) is 0 Å². The molecule has 0 spiro atoms. The van der Waals surface area contributed by atoms with Crippen molar-refractivity contribution in [2.45, 2.75) is 20.8 Å². The van der Waals surface area contributed by atoms with Crippen LogP contribution in [-0.4, -0.2) is 18.1 Å². The average Bonchev–Trinajstić information content (AvgIpc) is 2.15. The van der Waals surface area contributed by atoms with Crippen LogP contribution in [0.3, 0.4) is 0 Å². The number of anilines is 2. The minimum atomic E-state index is 0.578. The Labute approximate surface area is 85.9 Å². The van der Waals surface area contributed by atoms with Gasteiger partial charge in [0.1, 0.15) is 5.82 Å². The summed E-state index contributed by atoms with van der Waals surface area (Å²) in [7, 11) is 0. The van der Waals surface area contributed by atoms with Crippen LogP contribution in [0.25, 0.3) is 0 Å². The van der Waals surface area contributed by atoms with Gasteiger partial charge >= 0.3 is 0 Å². The van der Waals surface area contributed by atoms with Gasteiger partial charge in [0.15, 0.2) is 0 Å². The Morgan fingerprint density at radius 3 is 2.57 bits per heavy atom. The van der Waals surface area contributed by atoms with Crippen LogP contribution >= 0.6 is 0 Å². The van der Waals surface area contributed by atoms with Gasteiger partial charge in [-0.2, -0.15) is 0 Å². The van der Waals surface area contributed by atoms with E-state index in [2.05, 4.69) is 30.7 Å². The van der Waals surface area contributed by atoms with Crippen LogP contribution in [0.1, 0.15) is 20.8 Å². The molecule has 0 aliphatic heterocycles. The van der Waals surface area contributed by atoms with Gasteiger partial charge in [0.05, 0.1) is 11.9 Å². The van der Waals surface area contributed by atoms with Gasteiger partial charge in [-0.15, -0.1) is 0 Å². The van der Waals surface area contributed by atoms with Gasteiger partial charge < -0.3 is 10.6 Å². The molecule has 14 heavy (non-hydrogen) atoms. The maximum Gasteiger partial charge on any atom is 0.123 e. The first-order valence-corrected chi connectivity index (χ1v) is 5.10. The van der Waals surface area contributed by atoms with E-state index in [1.807, 2.05) is 18.3 Å². The highest BCUT2D eigenvalue weighted by molar-refractivity contribution is 5.47. The number of aromatic nitrogens is 1. The summed E-state index contributed by atoms with van der Waals surface area (Å²) in [4.78, 5) is 6.39. The first-order chi connectivity index (χ1) is 6.63. The summed E-state index contributed by atoms with van der Waals surface area (Å²) in [6.45, 7) is 8.64. The van der Waals surface area contributed by atoms with Gasteiger partial charge in [-0.25, -0.2) is 4.98 Å². The molecule has 1 heterocycles. The minimum Gasteiger partial charge on any atom is -0.384 e. The van der Waals surface area contributed by atoms with Gasteiger partial charge in [0, 0.05) is 13.1 Å². The number of rotatable bonds is 4. The fourth-order valence-corrected chi connectivity index (χ4v) is 1.44. The average molecular weight is 193 g/mol. The SMILES string of the molecule is CCN(CC(C)C)c1ccc(N)nc1. The molecule has 0 aliphatic carbocycles. The fourth-order valence-electron chi connectivity index (χ4n) is 1.44. The lowest BCUT2D eigenvalue weighted by Crippen LogP contribution is -2.27. The van der Waals surface area contributed by atoms with E-state index in [4.69, 9.17) is 5.73 Å². The van der Waals surface area contributed by atoms with Crippen LogP contribution < -0.4 is 10.6 Å². The zero-order valence-electron chi connectivity index (χ0n) is 9.20. The molecule has 0 atom stereocenters. The normalized spacial score (nSPS) is 10.6. The molecule has 2 N–H and O–H groups in total. The molecule has 0 fully saturated rings. The zero-order valence-corrected chi connectivity index (χ0v) is 9.20. The monoisotopic (exact) mass is 193 g/mol. The van der Waals surface area contributed by atoms with Crippen LogP contribution in [0, 0.1) is 5.92 Å². The molecule has 3 heteroatoms. The molecule has 1 aromatic rings. The van der Waals surface area contributed by atoms with Crippen molar-refractivity contribution in [1.29, 1.82) is 0 Å². The van der Waals surface area contributed by atoms with E-state index < -0.39 is 0 Å². The van der Waals surface area contributed by atoms with Crippen molar-refractivity contribution >= 4 is 11.5 Å². The summed E-state index contributed by atoms with van der Waals surface area (Å²) in [5.74, 6) is 1.24. The predicted molar refractivity (Wildman–Crippen MR) is 61.4 cm³/mol. The van der Waals surface area contributed by atoms with Crippen LogP contribution in [0.4, 0.5) is 11.5 Å². The summed E-state index contributed by atoms with van der Waals surface area (Å²) >= 11 is 0. The van der Waals surface area contributed by atoms with Crippen LogP contribution in [-0.2, 0) is 0 Å². The summed E-state index contributed by atoms with van der Waals surface area (Å²) in [6.07, 6.45) is 1.83. The largest absolute Gasteiger partial charge is 0.384 e. The summed E-state index contributed by atoms with van der Waals surface area (Å²) < 4.78 is 0. The van der Waals surface area contributed by atoms with E-state index in [9.17, 15) is 0 Å². The molecule has 1 aromatic heterocycles. The van der Waals surface area contributed by atoms with Gasteiger partial charge in [-0.1, -0.05) is 13.8 Å². The van der Waals surface area contributed by atoms with Crippen molar-refractivity contribution in [3.05, 3.63) is 18.3 Å². The lowest BCUT2D eigenvalue weighted by atomic mass is 10.2. The molecule has 0 radical (unpaired) electrons. The molecule has 0 bridgehead atoms. The second kappa shape index (κ2) is 4.84. The molecule has 0 amide bonds. The van der Waals surface area contributed by atoms with Crippen LogP contribution in [0.15, 0.2) is 18.3 Å². The van der Waals surface area contributed by atoms with Gasteiger partial charge in [-0.3, -0.25) is 0 Å². The van der Waals surface area contributed by atoms with Crippen molar-refractivity contribution < 1.29 is 0 Å². The number of hydrogen-bond donors (Lipinski definition) is 1. The van der Waals surface area contributed by atoms with Crippen molar-refractivity contribution in [3.8, 4) is 0 Å². The molecular formula is C11H19N3. The molecule has 0 unspecified atom stereocenters. The summed E-state index contributed by atoms with van der Waals surface area (Å²) in [5.41, 5.74) is 6.69. The highest BCUT2D eigenvalue weighted by Crippen LogP contribution is 2.14. The van der Waals surface area contributed by atoms with Gasteiger partial charge in [-0.05, 0) is 25.0 Å². The molecule has 78 valence electrons. The Kier molecular flexibility index (Phi) is 3.74. The highest BCUT2D eigenvalue weighted by atomic mass is 15.1. The molecule has 0 aromatic carbocycles. The van der Waals surface area contributed by atoms with Gasteiger partial charge in [0.2, 0.25) is 0 Å². The van der Waals surface area contributed by atoms with Crippen molar-refractivity contribution in [1.82, 2.24) is 4.98 Å². The number of hydrogen-bond acceptors (Lipinski definition) is 3. The molecule has 0 saturated carbocycles. The molecule has 0 aliphatic rings. The third-order valence-electron chi connectivity index (χ3n) is 2.10. The summed E-state index contributed by atoms with van der Waals surface area (Å²) in [6, 6.07) is 3.87. The van der Waals surface area contributed by atoms with E-state index in [1.54, 1.807) is 0 Å². The van der Waals surface area contributed by atoms with E-state index in [-0.39, 0.29) is 0 Å². The van der Waals surface area contributed by atoms with E-state index in [1.165, 1.54) is 0 Å². The van der Waals surface area contributed by atoms with Crippen molar-refractivity contribution in [2.75, 3.05) is 23.7 Å². The Morgan fingerprint density at radius 2 is 2.14 bits per heavy atom. The topological polar surface area (TPSA) is 42.1 Å². The second-order valence-corrected chi connectivity index (χ2v) is 3.87. The molecule has 3 nitrogen and oxygen atoms in total. The lowest BCUT2D eigenvalue weighted by molar-refractivity contribution is 0.618. The van der Waals surface area contributed by atoms with Crippen LogP contribution in [0.5, 0.6) is 0 Å². The number of nitrogens with zero attached hydrogens (tertiary/aromatic N) is 2. The Morgan fingerprint density at radius 1 is 1.43 bits per heavy atom. The quantitative estimate of drug-likeness (QED) is 0.796. The van der Waals surface area contributed by atoms with Crippen molar-refractivity contribution in [2.24, 2.45) is 5.92 Å². The van der Waals surface area contributed by atoms with Gasteiger partial charge in [0.25, 0.3) is 0 Å². The molecule has 0 saturated heterocycles. The lowest BCUT2D eigenvalue weighted by Gasteiger charge is -2.24. The third kappa shape index (κ3) is 2.91. The summed E-state index contributed by atoms with van der Waals surface area (Å²) in [5, 5.41) is 0. The maximum absolute atomic E-state index is 5.54. The number of pyridine rings is 1. The van der Waals surface area contributed by atoms with E-state index >= 15 is 0 Å². The van der Waals surface area contributed by atoms with Crippen LogP contribution in [0.2, 0.25) is 0 Å². The Hall–Kier alpha value is -1.25. The highest BCUT2D eigenvalue weighted by Gasteiger charge is 2.06. The molecular weight excluding hydrogens is 174 g/mol. The zero-order chi connectivity index (χ0) is 10.6. The second-order valence-electron chi connectivity index (χ2n) is 3.87. The maximum atomic E-state index is 5.54. The van der Waals surface area contributed by atoms with E-state index in [0.717, 1.165) is 18.8 Å². The number of nitrogen functional groups attached to an aromatic ring is 1. The smallest absolute Gasteiger partial charge is 0.123 e. The predicted octanol–water partition coefficient (Wildman–Crippen LogP) is 2.15. The standard InChI is InChI=1S/C11H19N3/c1-4-14(8-9(2)3)10-5-6-11(12)13-7-10/h5-7,9H,4,8H2,1-3H3,(H2,12,13). The Balaban J connectivity index is 2.73. The number of nitrogens with two attached hydrogens (primary N) is 1. The first kappa shape index (κ1) is 10.8. The molecule has 1 rings (SSSR count). The first-order valence-electron chi connectivity index (χ1n) is 5.10. The van der Waals surface area contributed by atoms with E-state index in [0.29, 0.717) is 11.7 Å².